The average Bonchev–Trinajstić information content (AvgIpc) is 2.75. The Morgan fingerprint density at radius 1 is 1.39 bits per heavy atom. The number of aromatic amines is 1. The van der Waals surface area contributed by atoms with Crippen LogP contribution >= 0.6 is 0 Å². The molecule has 0 spiro atoms. The molecule has 2 rings (SSSR count). The number of piperidine rings is 1. The third-order valence-electron chi connectivity index (χ3n) is 3.14. The molecular weight excluding hydrogens is 234 g/mol. The summed E-state index contributed by atoms with van der Waals surface area (Å²) in [6, 6.07) is 0. The summed E-state index contributed by atoms with van der Waals surface area (Å²) in [6.45, 7) is 4.60. The molecule has 0 aliphatic carbocycles. The van der Waals surface area contributed by atoms with Crippen LogP contribution in [0.3, 0.4) is 0 Å². The van der Waals surface area contributed by atoms with Crippen LogP contribution < -0.4 is 5.32 Å². The summed E-state index contributed by atoms with van der Waals surface area (Å²) in [5.41, 5.74) is 0. The van der Waals surface area contributed by atoms with Crippen molar-refractivity contribution in [2.75, 3.05) is 18.4 Å². The summed E-state index contributed by atoms with van der Waals surface area (Å²) in [5, 5.41) is 9.21. The second kappa shape index (κ2) is 5.16. The maximum absolute atomic E-state index is 11.9. The molecule has 0 radical (unpaired) electrons. The number of aryl methyl sites for hydroxylation is 1. The van der Waals surface area contributed by atoms with E-state index in [1.54, 1.807) is 18.7 Å². The molecule has 2 amide bonds. The topological polar surface area (TPSA) is 91.0 Å². The third-order valence-corrected chi connectivity index (χ3v) is 3.14. The molecule has 1 saturated heterocycles. The molecule has 0 saturated carbocycles. The van der Waals surface area contributed by atoms with E-state index >= 15 is 0 Å². The number of rotatable bonds is 2. The Hall–Kier alpha value is -1.92. The molecule has 98 valence electrons. The highest BCUT2D eigenvalue weighted by atomic mass is 16.2. The largest absolute Gasteiger partial charge is 0.343 e. The van der Waals surface area contributed by atoms with E-state index in [4.69, 9.17) is 0 Å². The lowest BCUT2D eigenvalue weighted by Gasteiger charge is -2.30. The van der Waals surface area contributed by atoms with Crippen LogP contribution in [0.2, 0.25) is 0 Å². The van der Waals surface area contributed by atoms with Crippen molar-refractivity contribution in [3.8, 4) is 0 Å². The summed E-state index contributed by atoms with van der Waals surface area (Å²) in [7, 11) is 0. The van der Waals surface area contributed by atoms with Crippen molar-refractivity contribution < 1.29 is 9.59 Å². The van der Waals surface area contributed by atoms with Gasteiger partial charge in [-0.1, -0.05) is 0 Å². The number of anilines is 1. The fourth-order valence-corrected chi connectivity index (χ4v) is 2.07. The maximum Gasteiger partial charge on any atom is 0.248 e. The standard InChI is InChI=1S/C11H17N5O2/c1-7-12-11(15-14-7)13-10(18)9-3-5-16(6-4-9)8(2)17/h9H,3-6H2,1-2H3,(H2,12,13,14,15,18). The first-order valence-electron chi connectivity index (χ1n) is 6.01. The quantitative estimate of drug-likeness (QED) is 0.791. The summed E-state index contributed by atoms with van der Waals surface area (Å²) in [4.78, 5) is 28.9. The number of carbonyl (C=O) groups is 2. The molecule has 0 aromatic carbocycles. The number of amides is 2. The molecule has 0 atom stereocenters. The highest BCUT2D eigenvalue weighted by Gasteiger charge is 2.26. The Labute approximate surface area is 105 Å². The van der Waals surface area contributed by atoms with Crippen LogP contribution in [0.4, 0.5) is 5.95 Å². The molecule has 1 fully saturated rings. The molecule has 18 heavy (non-hydrogen) atoms. The summed E-state index contributed by atoms with van der Waals surface area (Å²) in [6.07, 6.45) is 1.38. The highest BCUT2D eigenvalue weighted by Crippen LogP contribution is 2.18. The monoisotopic (exact) mass is 251 g/mol. The van der Waals surface area contributed by atoms with Gasteiger partial charge < -0.3 is 4.90 Å². The van der Waals surface area contributed by atoms with E-state index in [0.717, 1.165) is 0 Å². The van der Waals surface area contributed by atoms with Crippen molar-refractivity contribution in [3.05, 3.63) is 5.82 Å². The maximum atomic E-state index is 11.9. The van der Waals surface area contributed by atoms with Crippen LogP contribution in [-0.4, -0.2) is 45.0 Å². The SMILES string of the molecule is CC(=O)N1CCC(C(=O)Nc2n[nH]c(C)n2)CC1. The molecule has 2 N–H and O–H groups in total. The number of likely N-dealkylation sites (tertiary alicyclic amines) is 1. The lowest BCUT2D eigenvalue weighted by molar-refractivity contribution is -0.132. The van der Waals surface area contributed by atoms with Gasteiger partial charge in [-0.3, -0.25) is 20.0 Å². The zero-order chi connectivity index (χ0) is 13.1. The fourth-order valence-electron chi connectivity index (χ4n) is 2.07. The third kappa shape index (κ3) is 2.85. The molecule has 7 nitrogen and oxygen atoms in total. The Bertz CT molecular complexity index is 448. The first kappa shape index (κ1) is 12.5. The molecule has 1 aromatic rings. The number of nitrogens with one attached hydrogen (secondary N) is 2. The van der Waals surface area contributed by atoms with Gasteiger partial charge in [0.15, 0.2) is 0 Å². The minimum Gasteiger partial charge on any atom is -0.343 e. The molecule has 0 unspecified atom stereocenters. The van der Waals surface area contributed by atoms with Gasteiger partial charge in [0.05, 0.1) is 0 Å². The Kier molecular flexibility index (Phi) is 3.59. The number of hydrogen-bond acceptors (Lipinski definition) is 4. The normalized spacial score (nSPS) is 16.7. The second-order valence-corrected chi connectivity index (χ2v) is 4.51. The van der Waals surface area contributed by atoms with E-state index in [-0.39, 0.29) is 17.7 Å². The van der Waals surface area contributed by atoms with E-state index in [2.05, 4.69) is 20.5 Å². The van der Waals surface area contributed by atoms with Crippen molar-refractivity contribution in [3.63, 3.8) is 0 Å². The van der Waals surface area contributed by atoms with Crippen molar-refractivity contribution in [2.24, 2.45) is 5.92 Å². The van der Waals surface area contributed by atoms with Crippen molar-refractivity contribution in [1.29, 1.82) is 0 Å². The first-order valence-corrected chi connectivity index (χ1v) is 6.01. The summed E-state index contributed by atoms with van der Waals surface area (Å²) >= 11 is 0. The van der Waals surface area contributed by atoms with Crippen molar-refractivity contribution >= 4 is 17.8 Å². The van der Waals surface area contributed by atoms with Crippen LogP contribution in [0, 0.1) is 12.8 Å². The second-order valence-electron chi connectivity index (χ2n) is 4.51. The van der Waals surface area contributed by atoms with Crippen molar-refractivity contribution in [1.82, 2.24) is 20.1 Å². The van der Waals surface area contributed by atoms with Crippen LogP contribution in [0.15, 0.2) is 0 Å². The van der Waals surface area contributed by atoms with Gasteiger partial charge in [0, 0.05) is 25.9 Å². The molecule has 7 heteroatoms. The predicted molar refractivity (Wildman–Crippen MR) is 64.7 cm³/mol. The van der Waals surface area contributed by atoms with Gasteiger partial charge in [-0.15, -0.1) is 5.10 Å². The Balaban J connectivity index is 1.86. The zero-order valence-electron chi connectivity index (χ0n) is 10.6. The van der Waals surface area contributed by atoms with Gasteiger partial charge in [-0.2, -0.15) is 4.98 Å². The minimum absolute atomic E-state index is 0.0680. The number of carbonyl (C=O) groups excluding carboxylic acids is 2. The smallest absolute Gasteiger partial charge is 0.248 e. The summed E-state index contributed by atoms with van der Waals surface area (Å²) < 4.78 is 0. The van der Waals surface area contributed by atoms with Crippen molar-refractivity contribution in [2.45, 2.75) is 26.7 Å². The molecular formula is C11H17N5O2. The van der Waals surface area contributed by atoms with Crippen LogP contribution in [0.5, 0.6) is 0 Å². The van der Waals surface area contributed by atoms with Crippen LogP contribution in [0.1, 0.15) is 25.6 Å². The lowest BCUT2D eigenvalue weighted by Crippen LogP contribution is -2.40. The number of H-pyrrole nitrogens is 1. The molecule has 2 heterocycles. The molecule has 1 aliphatic heterocycles. The lowest BCUT2D eigenvalue weighted by atomic mass is 9.96. The van der Waals surface area contributed by atoms with E-state index < -0.39 is 0 Å². The summed E-state index contributed by atoms with van der Waals surface area (Å²) in [5.74, 6) is 0.901. The number of hydrogen-bond donors (Lipinski definition) is 2. The van der Waals surface area contributed by atoms with Gasteiger partial charge in [-0.05, 0) is 19.8 Å². The number of aromatic nitrogens is 3. The predicted octanol–water partition coefficient (Wildman–Crippen LogP) is 0.310. The minimum atomic E-state index is -0.0720. The fraction of sp³-hybridized carbons (Fsp3) is 0.636. The van der Waals surface area contributed by atoms with Gasteiger partial charge in [0.1, 0.15) is 5.82 Å². The van der Waals surface area contributed by atoms with E-state index in [1.165, 1.54) is 0 Å². The Morgan fingerprint density at radius 2 is 2.06 bits per heavy atom. The van der Waals surface area contributed by atoms with E-state index in [9.17, 15) is 9.59 Å². The Morgan fingerprint density at radius 3 is 2.56 bits per heavy atom. The highest BCUT2D eigenvalue weighted by molar-refractivity contribution is 5.91. The first-order chi connectivity index (χ1) is 8.56. The van der Waals surface area contributed by atoms with Gasteiger partial charge in [0.25, 0.3) is 0 Å². The van der Waals surface area contributed by atoms with Gasteiger partial charge in [0.2, 0.25) is 17.8 Å². The van der Waals surface area contributed by atoms with Gasteiger partial charge >= 0.3 is 0 Å². The zero-order valence-corrected chi connectivity index (χ0v) is 10.6. The van der Waals surface area contributed by atoms with Crippen LogP contribution in [-0.2, 0) is 9.59 Å². The average molecular weight is 251 g/mol. The number of nitrogens with zero attached hydrogens (tertiary/aromatic N) is 3. The molecule has 1 aromatic heterocycles. The van der Waals surface area contributed by atoms with E-state index in [0.29, 0.717) is 37.7 Å². The van der Waals surface area contributed by atoms with Gasteiger partial charge in [-0.25, -0.2) is 0 Å². The molecule has 0 bridgehead atoms. The van der Waals surface area contributed by atoms with E-state index in [1.807, 2.05) is 0 Å². The van der Waals surface area contributed by atoms with Crippen LogP contribution in [0.25, 0.3) is 0 Å². The molecule has 1 aliphatic rings.